The minimum absolute atomic E-state index is 0.219. The van der Waals surface area contributed by atoms with Crippen LogP contribution in [0.1, 0.15) is 201 Å². The van der Waals surface area contributed by atoms with Crippen molar-refractivity contribution in [1.82, 2.24) is 0 Å². The third kappa shape index (κ3) is 23.8. The Balaban J connectivity index is 4.31. The largest absolute Gasteiger partial charge is 0.550 e. The molecule has 2 atom stereocenters. The lowest BCUT2D eigenvalue weighted by molar-refractivity contribution is -0.313. The lowest BCUT2D eigenvalue weighted by Gasteiger charge is -2.28. The van der Waals surface area contributed by atoms with Crippen LogP contribution in [-0.4, -0.2) is 5.97 Å². The van der Waals surface area contributed by atoms with Gasteiger partial charge in [-0.3, -0.25) is 0 Å². The topological polar surface area (TPSA) is 40.1 Å². The number of carboxylic acid groups (broad SMARTS) is 1. The molecule has 0 rings (SSSR count). The van der Waals surface area contributed by atoms with Gasteiger partial charge in [-0.15, -0.1) is 0 Å². The van der Waals surface area contributed by atoms with Crippen molar-refractivity contribution >= 4 is 5.97 Å². The van der Waals surface area contributed by atoms with E-state index in [4.69, 9.17) is 0 Å². The molecular weight excluding hydrogens is 440 g/mol. The van der Waals surface area contributed by atoms with Gasteiger partial charge in [0.05, 0.1) is 0 Å². The number of hydrogen-bond donors (Lipinski definition) is 0. The van der Waals surface area contributed by atoms with Crippen molar-refractivity contribution in [2.45, 2.75) is 201 Å². The van der Waals surface area contributed by atoms with E-state index in [-0.39, 0.29) is 5.92 Å². The van der Waals surface area contributed by atoms with Gasteiger partial charge in [0.1, 0.15) is 0 Å². The Hall–Kier alpha value is -0.530. The standard InChI is InChI=1S/C34H68O2/c1-4-7-10-13-16-18-20-22-25-28-31-33(34(35)36)32(29-26-23-15-12-9-6-3)30-27-24-21-19-17-14-11-8-5-2/h32-33H,4-31H2,1-3H3,(H,35,36)/p-1. The van der Waals surface area contributed by atoms with Crippen LogP contribution in [0.5, 0.6) is 0 Å². The Kier molecular flexibility index (Phi) is 28.6. The van der Waals surface area contributed by atoms with Crippen molar-refractivity contribution in [3.05, 3.63) is 0 Å². The van der Waals surface area contributed by atoms with Crippen LogP contribution in [0.2, 0.25) is 0 Å². The maximum absolute atomic E-state index is 12.2. The molecule has 0 saturated carbocycles. The number of carboxylic acids is 1. The van der Waals surface area contributed by atoms with E-state index in [0.29, 0.717) is 5.92 Å². The molecule has 0 heterocycles. The quantitative estimate of drug-likeness (QED) is 0.0907. The summed E-state index contributed by atoms with van der Waals surface area (Å²) in [6.07, 6.45) is 35.9. The average Bonchev–Trinajstić information content (AvgIpc) is 2.87. The normalized spacial score (nSPS) is 13.2. The third-order valence-corrected chi connectivity index (χ3v) is 8.35. The molecule has 0 aromatic heterocycles. The van der Waals surface area contributed by atoms with Crippen LogP contribution in [0.3, 0.4) is 0 Å². The number of rotatable bonds is 30. The number of unbranched alkanes of at least 4 members (excludes halogenated alkanes) is 22. The number of carbonyl (C=O) groups is 1. The third-order valence-electron chi connectivity index (χ3n) is 8.35. The molecule has 0 aromatic carbocycles. The Bertz CT molecular complexity index is 433. The molecule has 0 aliphatic rings. The summed E-state index contributed by atoms with van der Waals surface area (Å²) >= 11 is 0. The molecule has 0 aliphatic carbocycles. The Morgan fingerprint density at radius 3 is 0.944 bits per heavy atom. The lowest BCUT2D eigenvalue weighted by atomic mass is 9.80. The molecule has 0 N–H and O–H groups in total. The van der Waals surface area contributed by atoms with Crippen molar-refractivity contribution in [3.8, 4) is 0 Å². The molecule has 0 radical (unpaired) electrons. The molecule has 0 aliphatic heterocycles. The van der Waals surface area contributed by atoms with E-state index in [1.807, 2.05) is 0 Å². The summed E-state index contributed by atoms with van der Waals surface area (Å²) in [6.45, 7) is 6.81. The van der Waals surface area contributed by atoms with E-state index in [1.165, 1.54) is 154 Å². The van der Waals surface area contributed by atoms with Gasteiger partial charge in [0, 0.05) is 11.9 Å². The van der Waals surface area contributed by atoms with Gasteiger partial charge in [-0.05, 0) is 25.2 Å². The van der Waals surface area contributed by atoms with Crippen LogP contribution >= 0.6 is 0 Å². The number of hydrogen-bond acceptors (Lipinski definition) is 2. The lowest BCUT2D eigenvalue weighted by Crippen LogP contribution is -2.36. The minimum Gasteiger partial charge on any atom is -0.550 e. The van der Waals surface area contributed by atoms with Crippen molar-refractivity contribution in [2.75, 3.05) is 0 Å². The predicted molar refractivity (Wildman–Crippen MR) is 158 cm³/mol. The summed E-state index contributed by atoms with van der Waals surface area (Å²) in [6, 6.07) is 0. The van der Waals surface area contributed by atoms with Crippen molar-refractivity contribution in [2.24, 2.45) is 11.8 Å². The molecule has 0 amide bonds. The predicted octanol–water partition coefficient (Wildman–Crippen LogP) is 11.0. The summed E-state index contributed by atoms with van der Waals surface area (Å²) in [4.78, 5) is 12.2. The highest BCUT2D eigenvalue weighted by Crippen LogP contribution is 2.30. The van der Waals surface area contributed by atoms with Crippen molar-refractivity contribution in [3.63, 3.8) is 0 Å². The highest BCUT2D eigenvalue weighted by molar-refractivity contribution is 5.67. The first-order valence-corrected chi connectivity index (χ1v) is 16.9. The summed E-state index contributed by atoms with van der Waals surface area (Å²) in [5.41, 5.74) is 0. The van der Waals surface area contributed by atoms with Crippen LogP contribution in [0.15, 0.2) is 0 Å². The summed E-state index contributed by atoms with van der Waals surface area (Å²) < 4.78 is 0. The highest BCUT2D eigenvalue weighted by Gasteiger charge is 2.22. The molecule has 0 aromatic rings. The van der Waals surface area contributed by atoms with Crippen molar-refractivity contribution < 1.29 is 9.90 Å². The van der Waals surface area contributed by atoms with E-state index in [1.54, 1.807) is 0 Å². The number of aliphatic carboxylic acids is 1. The molecule has 36 heavy (non-hydrogen) atoms. The fraction of sp³-hybridized carbons (Fsp3) is 0.971. The molecular formula is C34H67O2-. The fourth-order valence-corrected chi connectivity index (χ4v) is 5.85. The summed E-state index contributed by atoms with van der Waals surface area (Å²) in [5.74, 6) is -0.647. The van der Waals surface area contributed by atoms with Gasteiger partial charge in [-0.1, -0.05) is 181 Å². The van der Waals surface area contributed by atoms with Gasteiger partial charge in [-0.25, -0.2) is 0 Å². The second kappa shape index (κ2) is 29.0. The van der Waals surface area contributed by atoms with Crippen LogP contribution in [0, 0.1) is 11.8 Å². The minimum atomic E-state index is -0.766. The first-order valence-electron chi connectivity index (χ1n) is 16.9. The SMILES string of the molecule is CCCCCCCCCCCCC(C(=O)[O-])C(CCCCCCCC)CCCCCCCCCCC. The zero-order valence-corrected chi connectivity index (χ0v) is 25.3. The van der Waals surface area contributed by atoms with Gasteiger partial charge in [0.2, 0.25) is 0 Å². The van der Waals surface area contributed by atoms with Gasteiger partial charge >= 0.3 is 0 Å². The zero-order valence-electron chi connectivity index (χ0n) is 25.3. The van der Waals surface area contributed by atoms with Gasteiger partial charge in [0.25, 0.3) is 0 Å². The Morgan fingerprint density at radius 2 is 0.667 bits per heavy atom. The average molecular weight is 508 g/mol. The maximum atomic E-state index is 12.2. The smallest absolute Gasteiger partial charge is 0.0448 e. The van der Waals surface area contributed by atoms with Crippen molar-refractivity contribution in [1.29, 1.82) is 0 Å². The molecule has 216 valence electrons. The summed E-state index contributed by atoms with van der Waals surface area (Å²) in [5, 5.41) is 12.2. The van der Waals surface area contributed by atoms with Crippen LogP contribution in [0.25, 0.3) is 0 Å². The molecule has 2 unspecified atom stereocenters. The van der Waals surface area contributed by atoms with Crippen LogP contribution in [0.4, 0.5) is 0 Å². The van der Waals surface area contributed by atoms with E-state index in [2.05, 4.69) is 20.8 Å². The zero-order chi connectivity index (χ0) is 26.5. The van der Waals surface area contributed by atoms with Crippen LogP contribution in [-0.2, 0) is 4.79 Å². The monoisotopic (exact) mass is 508 g/mol. The van der Waals surface area contributed by atoms with E-state index < -0.39 is 5.97 Å². The molecule has 0 saturated heterocycles. The number of carbonyl (C=O) groups excluding carboxylic acids is 1. The fourth-order valence-electron chi connectivity index (χ4n) is 5.85. The second-order valence-electron chi connectivity index (χ2n) is 11.8. The molecule has 0 bridgehead atoms. The first-order chi connectivity index (χ1) is 17.7. The Labute approximate surface area is 228 Å². The van der Waals surface area contributed by atoms with Gasteiger partial charge in [-0.2, -0.15) is 0 Å². The molecule has 0 fully saturated rings. The van der Waals surface area contributed by atoms with E-state index >= 15 is 0 Å². The molecule has 2 heteroatoms. The first kappa shape index (κ1) is 35.5. The maximum Gasteiger partial charge on any atom is 0.0448 e. The molecule has 0 spiro atoms. The molecule has 2 nitrogen and oxygen atoms in total. The van der Waals surface area contributed by atoms with E-state index in [0.717, 1.165) is 25.7 Å². The van der Waals surface area contributed by atoms with Gasteiger partial charge < -0.3 is 9.90 Å². The van der Waals surface area contributed by atoms with Crippen LogP contribution < -0.4 is 5.11 Å². The highest BCUT2D eigenvalue weighted by atomic mass is 16.4. The van der Waals surface area contributed by atoms with E-state index in [9.17, 15) is 9.90 Å². The second-order valence-corrected chi connectivity index (χ2v) is 11.8. The summed E-state index contributed by atoms with van der Waals surface area (Å²) in [7, 11) is 0. The Morgan fingerprint density at radius 1 is 0.417 bits per heavy atom. The van der Waals surface area contributed by atoms with Gasteiger partial charge in [0.15, 0.2) is 0 Å².